The average Bonchev–Trinajstić information content (AvgIpc) is 2.75. The summed E-state index contributed by atoms with van der Waals surface area (Å²) >= 11 is 0. The van der Waals surface area contributed by atoms with Crippen LogP contribution >= 0.6 is 0 Å². The molecule has 1 heterocycles. The fourth-order valence-electron chi connectivity index (χ4n) is 2.48. The Morgan fingerprint density at radius 1 is 1.14 bits per heavy atom. The molecule has 1 aliphatic rings. The first kappa shape index (κ1) is 15.6. The second kappa shape index (κ2) is 8.52. The molecule has 1 saturated heterocycles. The summed E-state index contributed by atoms with van der Waals surface area (Å²) in [5.41, 5.74) is 6.28. The maximum atomic E-state index is 11.7. The number of nitrogens with two attached hydrogens (primary N) is 1. The molecule has 0 spiro atoms. The highest BCUT2D eigenvalue weighted by molar-refractivity contribution is 5.77. The van der Waals surface area contributed by atoms with Crippen LogP contribution in [0.25, 0.3) is 0 Å². The summed E-state index contributed by atoms with van der Waals surface area (Å²) in [6.07, 6.45) is 5.21. The minimum Gasteiger partial charge on any atom is -0.484 e. The topological polar surface area (TPSA) is 67.6 Å². The number of anilines is 1. The maximum absolute atomic E-state index is 11.7. The number of ether oxygens (including phenoxy) is 1. The van der Waals surface area contributed by atoms with E-state index in [0.717, 1.165) is 19.6 Å². The minimum absolute atomic E-state index is 0.0456. The highest BCUT2D eigenvalue weighted by atomic mass is 16.5. The maximum Gasteiger partial charge on any atom is 0.257 e. The van der Waals surface area contributed by atoms with Gasteiger partial charge >= 0.3 is 0 Å². The van der Waals surface area contributed by atoms with Crippen LogP contribution in [0.4, 0.5) is 5.69 Å². The molecule has 0 saturated carbocycles. The fourth-order valence-corrected chi connectivity index (χ4v) is 2.48. The van der Waals surface area contributed by atoms with E-state index in [2.05, 4.69) is 10.2 Å². The molecule has 0 aliphatic carbocycles. The lowest BCUT2D eigenvalue weighted by molar-refractivity contribution is -0.123. The molecule has 116 valence electrons. The van der Waals surface area contributed by atoms with Gasteiger partial charge in [-0.05, 0) is 50.2 Å². The van der Waals surface area contributed by atoms with Crippen LogP contribution in [-0.4, -0.2) is 43.6 Å². The third kappa shape index (κ3) is 6.04. The van der Waals surface area contributed by atoms with Gasteiger partial charge in [-0.15, -0.1) is 0 Å². The number of benzene rings is 1. The lowest BCUT2D eigenvalue weighted by Crippen LogP contribution is -2.37. The first-order chi connectivity index (χ1) is 10.2. The molecule has 1 aromatic carbocycles. The van der Waals surface area contributed by atoms with Crippen LogP contribution in [0.1, 0.15) is 25.7 Å². The van der Waals surface area contributed by atoms with Crippen LogP contribution in [0.2, 0.25) is 0 Å². The highest BCUT2D eigenvalue weighted by Crippen LogP contribution is 2.12. The minimum atomic E-state index is -0.0818. The Bertz CT molecular complexity index is 426. The fraction of sp³-hybridized carbons (Fsp3) is 0.562. The third-order valence-corrected chi connectivity index (χ3v) is 3.70. The number of nitrogens with zero attached hydrogens (tertiary/aromatic N) is 1. The number of carbonyl (C=O) groups excluding carboxylic acids is 1. The molecule has 2 rings (SSSR count). The Balaban J connectivity index is 1.59. The molecule has 5 heteroatoms. The van der Waals surface area contributed by atoms with Crippen molar-refractivity contribution in [3.8, 4) is 5.75 Å². The molecule has 1 aliphatic heterocycles. The van der Waals surface area contributed by atoms with Crippen LogP contribution < -0.4 is 15.8 Å². The summed E-state index contributed by atoms with van der Waals surface area (Å²) in [6.45, 7) is 3.96. The molecular weight excluding hydrogens is 266 g/mol. The van der Waals surface area contributed by atoms with Crippen molar-refractivity contribution in [2.24, 2.45) is 0 Å². The number of likely N-dealkylation sites (tertiary alicyclic amines) is 1. The molecule has 1 fully saturated rings. The standard InChI is InChI=1S/C16H25N3O2/c17-14-5-7-15(8-6-14)21-13-16(20)18-9-12-19-10-3-1-2-4-11-19/h5-8H,1-4,9-13,17H2,(H,18,20). The van der Waals surface area contributed by atoms with Gasteiger partial charge in [-0.3, -0.25) is 4.79 Å². The Morgan fingerprint density at radius 2 is 1.81 bits per heavy atom. The predicted molar refractivity (Wildman–Crippen MR) is 84.3 cm³/mol. The number of nitrogens with one attached hydrogen (secondary N) is 1. The first-order valence-corrected chi connectivity index (χ1v) is 7.71. The number of nitrogen functional groups attached to an aromatic ring is 1. The van der Waals surface area contributed by atoms with Crippen LogP contribution in [0.15, 0.2) is 24.3 Å². The summed E-state index contributed by atoms with van der Waals surface area (Å²) in [7, 11) is 0. The van der Waals surface area contributed by atoms with E-state index in [1.54, 1.807) is 24.3 Å². The van der Waals surface area contributed by atoms with E-state index in [4.69, 9.17) is 10.5 Å². The van der Waals surface area contributed by atoms with Crippen molar-refractivity contribution < 1.29 is 9.53 Å². The van der Waals surface area contributed by atoms with Gasteiger partial charge in [0.25, 0.3) is 5.91 Å². The first-order valence-electron chi connectivity index (χ1n) is 7.71. The van der Waals surface area contributed by atoms with E-state index in [-0.39, 0.29) is 12.5 Å². The molecular formula is C16H25N3O2. The Kier molecular flexibility index (Phi) is 6.34. The molecule has 3 N–H and O–H groups in total. The SMILES string of the molecule is Nc1ccc(OCC(=O)NCCN2CCCCCC2)cc1. The number of rotatable bonds is 6. The molecule has 5 nitrogen and oxygen atoms in total. The summed E-state index contributed by atoms with van der Waals surface area (Å²) in [4.78, 5) is 14.1. The molecule has 0 aromatic heterocycles. The van der Waals surface area contributed by atoms with Crippen LogP contribution in [0.5, 0.6) is 5.75 Å². The van der Waals surface area contributed by atoms with E-state index < -0.39 is 0 Å². The van der Waals surface area contributed by atoms with Gasteiger partial charge in [-0.25, -0.2) is 0 Å². The normalized spacial score (nSPS) is 16.2. The molecule has 21 heavy (non-hydrogen) atoms. The van der Waals surface area contributed by atoms with E-state index in [0.29, 0.717) is 18.0 Å². The zero-order chi connectivity index (χ0) is 14.9. The second-order valence-electron chi connectivity index (χ2n) is 5.46. The molecule has 1 aromatic rings. The van der Waals surface area contributed by atoms with Gasteiger partial charge in [0.15, 0.2) is 6.61 Å². The van der Waals surface area contributed by atoms with E-state index >= 15 is 0 Å². The van der Waals surface area contributed by atoms with Crippen molar-refractivity contribution in [2.45, 2.75) is 25.7 Å². The smallest absolute Gasteiger partial charge is 0.257 e. The van der Waals surface area contributed by atoms with E-state index in [1.807, 2.05) is 0 Å². The lowest BCUT2D eigenvalue weighted by Gasteiger charge is -2.19. The number of amides is 1. The van der Waals surface area contributed by atoms with Crippen molar-refractivity contribution in [3.63, 3.8) is 0 Å². The van der Waals surface area contributed by atoms with Crippen molar-refractivity contribution in [2.75, 3.05) is 38.5 Å². The third-order valence-electron chi connectivity index (χ3n) is 3.70. The number of hydrogen-bond acceptors (Lipinski definition) is 4. The molecule has 0 unspecified atom stereocenters. The average molecular weight is 291 g/mol. The van der Waals surface area contributed by atoms with Gasteiger partial charge in [0.1, 0.15) is 5.75 Å². The van der Waals surface area contributed by atoms with E-state index in [1.165, 1.54) is 25.7 Å². The Hall–Kier alpha value is -1.75. The predicted octanol–water partition coefficient (Wildman–Crippen LogP) is 1.64. The molecule has 0 atom stereocenters. The monoisotopic (exact) mass is 291 g/mol. The van der Waals surface area contributed by atoms with Crippen LogP contribution in [0, 0.1) is 0 Å². The summed E-state index contributed by atoms with van der Waals surface area (Å²) in [5, 5.41) is 2.90. The Labute approximate surface area is 126 Å². The molecule has 0 radical (unpaired) electrons. The van der Waals surface area contributed by atoms with Gasteiger partial charge in [-0.2, -0.15) is 0 Å². The van der Waals surface area contributed by atoms with Crippen LogP contribution in [-0.2, 0) is 4.79 Å². The lowest BCUT2D eigenvalue weighted by atomic mass is 10.2. The number of hydrogen-bond donors (Lipinski definition) is 2. The summed E-state index contributed by atoms with van der Waals surface area (Å²) < 4.78 is 5.40. The van der Waals surface area contributed by atoms with Gasteiger partial charge in [0.05, 0.1) is 0 Å². The van der Waals surface area contributed by atoms with Crippen LogP contribution in [0.3, 0.4) is 0 Å². The Morgan fingerprint density at radius 3 is 2.48 bits per heavy atom. The van der Waals surface area contributed by atoms with Crippen molar-refractivity contribution in [1.82, 2.24) is 10.2 Å². The molecule has 1 amide bonds. The second-order valence-corrected chi connectivity index (χ2v) is 5.46. The van der Waals surface area contributed by atoms with Gasteiger partial charge < -0.3 is 20.7 Å². The van der Waals surface area contributed by atoms with Crippen molar-refractivity contribution >= 4 is 11.6 Å². The van der Waals surface area contributed by atoms with Gasteiger partial charge in [-0.1, -0.05) is 12.8 Å². The quantitative estimate of drug-likeness (QED) is 0.782. The van der Waals surface area contributed by atoms with Gasteiger partial charge in [0.2, 0.25) is 0 Å². The highest BCUT2D eigenvalue weighted by Gasteiger charge is 2.09. The number of carbonyl (C=O) groups is 1. The van der Waals surface area contributed by atoms with Crippen molar-refractivity contribution in [1.29, 1.82) is 0 Å². The van der Waals surface area contributed by atoms with E-state index in [9.17, 15) is 4.79 Å². The van der Waals surface area contributed by atoms with Crippen molar-refractivity contribution in [3.05, 3.63) is 24.3 Å². The zero-order valence-electron chi connectivity index (χ0n) is 12.5. The zero-order valence-corrected chi connectivity index (χ0v) is 12.5. The summed E-state index contributed by atoms with van der Waals surface area (Å²) in [5.74, 6) is 0.577. The largest absolute Gasteiger partial charge is 0.484 e. The van der Waals surface area contributed by atoms with Gasteiger partial charge in [0, 0.05) is 18.8 Å². The molecule has 0 bridgehead atoms. The summed E-state index contributed by atoms with van der Waals surface area (Å²) in [6, 6.07) is 7.04.